The number of hydrogen-bond donors (Lipinski definition) is 1. The van der Waals surface area contributed by atoms with Crippen molar-refractivity contribution in [1.82, 2.24) is 0 Å². The second-order valence-corrected chi connectivity index (χ2v) is 6.71. The molecule has 0 aromatic rings. The third-order valence-electron chi connectivity index (χ3n) is 3.50. The molecule has 122 valence electrons. The fourth-order valence-corrected chi connectivity index (χ4v) is 2.86. The smallest absolute Gasteiger partial charge is 0.264 e. The van der Waals surface area contributed by atoms with E-state index in [0.717, 1.165) is 12.8 Å². The van der Waals surface area contributed by atoms with Crippen LogP contribution in [0.25, 0.3) is 0 Å². The molecule has 0 amide bonds. The molecule has 0 aliphatic carbocycles. The molecule has 0 aromatic carbocycles. The zero-order chi connectivity index (χ0) is 15.3. The normalized spacial score (nSPS) is 13.6. The summed E-state index contributed by atoms with van der Waals surface area (Å²) in [5.74, 6) is 0. The minimum Gasteiger partial charge on any atom is -0.264 e. The van der Waals surface area contributed by atoms with Gasteiger partial charge in [0.1, 0.15) is 0 Å². The number of rotatable bonds is 14. The van der Waals surface area contributed by atoms with Crippen LogP contribution in [0.4, 0.5) is 0 Å². The Morgan fingerprint density at radius 3 is 1.65 bits per heavy atom. The summed E-state index contributed by atoms with van der Waals surface area (Å²) in [5.41, 5.74) is 0. The quantitative estimate of drug-likeness (QED) is 0.366. The van der Waals surface area contributed by atoms with Gasteiger partial charge in [-0.3, -0.25) is 4.55 Å². The first-order chi connectivity index (χ1) is 9.45. The summed E-state index contributed by atoms with van der Waals surface area (Å²) < 4.78 is 33.9. The lowest BCUT2D eigenvalue weighted by molar-refractivity contribution is 0.185. The molecule has 1 atom stereocenters. The van der Waals surface area contributed by atoms with E-state index in [9.17, 15) is 8.42 Å². The van der Waals surface area contributed by atoms with E-state index in [1.54, 1.807) is 6.92 Å². The molecule has 1 unspecified atom stereocenters. The van der Waals surface area contributed by atoms with Crippen molar-refractivity contribution in [3.05, 3.63) is 0 Å². The summed E-state index contributed by atoms with van der Waals surface area (Å²) in [5, 5.41) is 0. The van der Waals surface area contributed by atoms with Gasteiger partial charge in [0.25, 0.3) is 0 Å². The van der Waals surface area contributed by atoms with E-state index >= 15 is 0 Å². The van der Waals surface area contributed by atoms with E-state index in [0.29, 0.717) is 6.42 Å². The Morgan fingerprint density at radius 1 is 0.850 bits per heavy atom. The molecule has 1 N–H and O–H groups in total. The molecule has 0 saturated heterocycles. The highest BCUT2D eigenvalue weighted by Gasteiger charge is 2.11. The predicted octanol–water partition coefficient (Wildman–Crippen LogP) is 4.90. The Balaban J connectivity index is 3.20. The molecule has 0 heterocycles. The highest BCUT2D eigenvalue weighted by molar-refractivity contribution is 7.80. The second kappa shape index (κ2) is 12.6. The van der Waals surface area contributed by atoms with Gasteiger partial charge in [0, 0.05) is 0 Å². The van der Waals surface area contributed by atoms with Crippen LogP contribution in [-0.2, 0) is 14.6 Å². The van der Waals surface area contributed by atoms with Crippen LogP contribution < -0.4 is 0 Å². The van der Waals surface area contributed by atoms with Crippen LogP contribution in [0.2, 0.25) is 0 Å². The maximum Gasteiger partial charge on any atom is 0.397 e. The highest BCUT2D eigenvalue weighted by atomic mass is 32.3. The first-order valence-corrected chi connectivity index (χ1v) is 9.48. The van der Waals surface area contributed by atoms with Crippen LogP contribution in [-0.4, -0.2) is 19.1 Å². The standard InChI is InChI=1S/C15H32O4S/c1-3-4-5-6-7-8-9-10-11-12-13-14-15(2)19-20(16,17)18/h15H,3-14H2,1-2H3,(H,16,17,18). The topological polar surface area (TPSA) is 63.6 Å². The molecule has 0 aliphatic heterocycles. The van der Waals surface area contributed by atoms with E-state index in [1.807, 2.05) is 0 Å². The van der Waals surface area contributed by atoms with Crippen molar-refractivity contribution in [1.29, 1.82) is 0 Å². The van der Waals surface area contributed by atoms with Crippen LogP contribution in [0, 0.1) is 0 Å². The van der Waals surface area contributed by atoms with E-state index < -0.39 is 16.5 Å². The van der Waals surface area contributed by atoms with Crippen molar-refractivity contribution in [2.45, 2.75) is 97.0 Å². The molecular weight excluding hydrogens is 276 g/mol. The summed E-state index contributed by atoms with van der Waals surface area (Å²) in [7, 11) is -4.29. The molecule has 4 nitrogen and oxygen atoms in total. The molecule has 0 bridgehead atoms. The van der Waals surface area contributed by atoms with Gasteiger partial charge in [-0.05, 0) is 13.3 Å². The van der Waals surface area contributed by atoms with Gasteiger partial charge in [0.15, 0.2) is 0 Å². The average Bonchev–Trinajstić information content (AvgIpc) is 2.34. The van der Waals surface area contributed by atoms with Crippen LogP contribution in [0.3, 0.4) is 0 Å². The summed E-state index contributed by atoms with van der Waals surface area (Å²) in [6.45, 7) is 3.91. The van der Waals surface area contributed by atoms with E-state index in [1.165, 1.54) is 57.8 Å². The maximum atomic E-state index is 10.5. The van der Waals surface area contributed by atoms with Gasteiger partial charge in [-0.15, -0.1) is 0 Å². The lowest BCUT2D eigenvalue weighted by Crippen LogP contribution is -2.14. The van der Waals surface area contributed by atoms with Crippen molar-refractivity contribution in [2.75, 3.05) is 0 Å². The van der Waals surface area contributed by atoms with Crippen LogP contribution >= 0.6 is 0 Å². The summed E-state index contributed by atoms with van der Waals surface area (Å²) in [6.07, 6.45) is 14.2. The predicted molar refractivity (Wildman–Crippen MR) is 83.2 cm³/mol. The fourth-order valence-electron chi connectivity index (χ4n) is 2.35. The maximum absolute atomic E-state index is 10.5. The van der Waals surface area contributed by atoms with Crippen molar-refractivity contribution in [3.63, 3.8) is 0 Å². The Kier molecular flexibility index (Phi) is 12.5. The summed E-state index contributed by atoms with van der Waals surface area (Å²) in [4.78, 5) is 0. The van der Waals surface area contributed by atoms with Gasteiger partial charge in [-0.1, -0.05) is 77.6 Å². The minimum absolute atomic E-state index is 0.427. The van der Waals surface area contributed by atoms with E-state index in [4.69, 9.17) is 4.55 Å². The van der Waals surface area contributed by atoms with Gasteiger partial charge in [0.2, 0.25) is 0 Å². The third kappa shape index (κ3) is 15.9. The Morgan fingerprint density at radius 2 is 1.25 bits per heavy atom. The third-order valence-corrected chi connectivity index (χ3v) is 4.07. The summed E-state index contributed by atoms with van der Waals surface area (Å²) >= 11 is 0. The zero-order valence-corrected chi connectivity index (χ0v) is 14.0. The molecule has 5 heteroatoms. The SMILES string of the molecule is CCCCCCCCCCCCCC(C)OS(=O)(=O)O. The van der Waals surface area contributed by atoms with Crippen molar-refractivity contribution < 1.29 is 17.2 Å². The van der Waals surface area contributed by atoms with Crippen molar-refractivity contribution >= 4 is 10.4 Å². The molecule has 0 fully saturated rings. The number of unbranched alkanes of at least 4 members (excludes halogenated alkanes) is 10. The second-order valence-electron chi connectivity index (χ2n) is 5.66. The van der Waals surface area contributed by atoms with Gasteiger partial charge >= 0.3 is 10.4 Å². The Bertz CT molecular complexity index is 301. The highest BCUT2D eigenvalue weighted by Crippen LogP contribution is 2.13. The molecule has 0 aromatic heterocycles. The Labute approximate surface area is 125 Å². The van der Waals surface area contributed by atoms with Crippen molar-refractivity contribution in [2.24, 2.45) is 0 Å². The van der Waals surface area contributed by atoms with Crippen molar-refractivity contribution in [3.8, 4) is 0 Å². The molecule has 0 spiro atoms. The van der Waals surface area contributed by atoms with Gasteiger partial charge in [-0.25, -0.2) is 4.18 Å². The molecule has 0 aliphatic rings. The first-order valence-electron chi connectivity index (χ1n) is 8.11. The molecule has 0 rings (SSSR count). The summed E-state index contributed by atoms with van der Waals surface area (Å²) in [6, 6.07) is 0. The first kappa shape index (κ1) is 19.9. The van der Waals surface area contributed by atoms with Crippen LogP contribution in [0.1, 0.15) is 90.9 Å². The van der Waals surface area contributed by atoms with Gasteiger partial charge in [0.05, 0.1) is 6.10 Å². The molecule has 0 radical (unpaired) electrons. The average molecular weight is 308 g/mol. The van der Waals surface area contributed by atoms with Gasteiger partial charge in [-0.2, -0.15) is 8.42 Å². The minimum atomic E-state index is -4.29. The van der Waals surface area contributed by atoms with Crippen LogP contribution in [0.5, 0.6) is 0 Å². The zero-order valence-electron chi connectivity index (χ0n) is 13.1. The number of hydrogen-bond acceptors (Lipinski definition) is 3. The molecule has 20 heavy (non-hydrogen) atoms. The van der Waals surface area contributed by atoms with Crippen LogP contribution in [0.15, 0.2) is 0 Å². The Hall–Kier alpha value is -0.130. The lowest BCUT2D eigenvalue weighted by atomic mass is 10.0. The fraction of sp³-hybridized carbons (Fsp3) is 1.00. The van der Waals surface area contributed by atoms with Gasteiger partial charge < -0.3 is 0 Å². The monoisotopic (exact) mass is 308 g/mol. The van der Waals surface area contributed by atoms with E-state index in [-0.39, 0.29) is 0 Å². The largest absolute Gasteiger partial charge is 0.397 e. The molecule has 0 saturated carbocycles. The molecular formula is C15H32O4S. The lowest BCUT2D eigenvalue weighted by Gasteiger charge is -2.09. The van der Waals surface area contributed by atoms with E-state index in [2.05, 4.69) is 11.1 Å².